The van der Waals surface area contributed by atoms with Gasteiger partial charge in [-0.25, -0.2) is 0 Å². The number of hydrogen-bond donors (Lipinski definition) is 0. The normalized spacial score (nSPS) is 12.6. The number of aryl methyl sites for hydroxylation is 1. The predicted octanol–water partition coefficient (Wildman–Crippen LogP) is 3.60. The number of pyridine rings is 1. The summed E-state index contributed by atoms with van der Waals surface area (Å²) < 4.78 is 35.6. The van der Waals surface area contributed by atoms with E-state index in [1.54, 1.807) is 24.4 Å². The first-order chi connectivity index (χ1) is 13.4. The van der Waals surface area contributed by atoms with E-state index in [1.165, 1.54) is 19.1 Å². The maximum Gasteiger partial charge on any atom is 0.302 e. The number of aromatic nitrogens is 1. The summed E-state index contributed by atoms with van der Waals surface area (Å²) in [6.45, 7) is 3.04. The Hall–Kier alpha value is -2.77. The van der Waals surface area contributed by atoms with Crippen LogP contribution in [0.2, 0.25) is 0 Å². The van der Waals surface area contributed by atoms with Gasteiger partial charge in [-0.05, 0) is 36.8 Å². The van der Waals surface area contributed by atoms with Crippen molar-refractivity contribution in [2.45, 2.75) is 24.7 Å². The maximum atomic E-state index is 12.5. The molecule has 0 bridgehead atoms. The van der Waals surface area contributed by atoms with E-state index in [0.29, 0.717) is 0 Å². The number of carbonyl (C=O) groups is 1. The maximum absolute atomic E-state index is 12.5. The van der Waals surface area contributed by atoms with Gasteiger partial charge in [0.1, 0.15) is 6.61 Å². The van der Waals surface area contributed by atoms with Crippen LogP contribution in [0.1, 0.15) is 24.0 Å². The van der Waals surface area contributed by atoms with E-state index in [4.69, 9.17) is 8.92 Å². The molecule has 0 unspecified atom stereocenters. The molecule has 0 fully saturated rings. The summed E-state index contributed by atoms with van der Waals surface area (Å²) in [5, 5.41) is 0.860. The van der Waals surface area contributed by atoms with Crippen LogP contribution in [0.5, 0.6) is 0 Å². The van der Waals surface area contributed by atoms with Gasteiger partial charge in [-0.3, -0.25) is 14.0 Å². The highest BCUT2D eigenvalue weighted by Gasteiger charge is 2.22. The van der Waals surface area contributed by atoms with Crippen molar-refractivity contribution in [3.05, 3.63) is 71.9 Å². The number of carbonyl (C=O) groups excluding carboxylic acids is 1. The van der Waals surface area contributed by atoms with E-state index >= 15 is 0 Å². The summed E-state index contributed by atoms with van der Waals surface area (Å²) in [4.78, 5) is 15.7. The van der Waals surface area contributed by atoms with Gasteiger partial charge in [0.05, 0.1) is 17.0 Å². The standard InChI is InChI=1S/C21H21NO5S/c1-15-7-9-18(10-8-15)28(24,25)27-14-17(13-26-16(2)23)19-11-12-22-21-6-4-3-5-20(19)21/h3-12,17H,13-14H2,1-2H3/t17-/m1/s1. The van der Waals surface area contributed by atoms with Gasteiger partial charge >= 0.3 is 5.97 Å². The molecule has 0 aliphatic rings. The molecule has 7 heteroatoms. The topological polar surface area (TPSA) is 82.6 Å². The zero-order valence-electron chi connectivity index (χ0n) is 15.7. The van der Waals surface area contributed by atoms with Crippen LogP contribution in [0.25, 0.3) is 10.9 Å². The molecule has 0 saturated heterocycles. The molecule has 2 aromatic carbocycles. The van der Waals surface area contributed by atoms with Gasteiger partial charge in [0.25, 0.3) is 10.1 Å². The van der Waals surface area contributed by atoms with Crippen molar-refractivity contribution >= 4 is 27.0 Å². The van der Waals surface area contributed by atoms with Crippen molar-refractivity contribution < 1.29 is 22.1 Å². The van der Waals surface area contributed by atoms with Gasteiger partial charge in [0, 0.05) is 24.4 Å². The number of para-hydroxylation sites is 1. The second kappa shape index (κ2) is 8.50. The number of rotatable bonds is 7. The molecular formula is C21H21NO5S. The quantitative estimate of drug-likeness (QED) is 0.446. The minimum atomic E-state index is -3.93. The van der Waals surface area contributed by atoms with E-state index in [-0.39, 0.29) is 18.1 Å². The highest BCUT2D eigenvalue weighted by atomic mass is 32.2. The fraction of sp³-hybridized carbons (Fsp3) is 0.238. The molecule has 6 nitrogen and oxygen atoms in total. The molecule has 0 N–H and O–H groups in total. The van der Waals surface area contributed by atoms with Gasteiger partial charge in [0.15, 0.2) is 0 Å². The molecule has 0 aliphatic carbocycles. The third-order valence-corrected chi connectivity index (χ3v) is 5.64. The molecule has 0 radical (unpaired) electrons. The van der Waals surface area contributed by atoms with Crippen molar-refractivity contribution in [2.75, 3.05) is 13.2 Å². The molecule has 0 aliphatic heterocycles. The van der Waals surface area contributed by atoms with Crippen molar-refractivity contribution in [3.63, 3.8) is 0 Å². The Kier molecular flexibility index (Phi) is 6.06. The zero-order valence-corrected chi connectivity index (χ0v) is 16.5. The van der Waals surface area contributed by atoms with Crippen molar-refractivity contribution in [1.29, 1.82) is 0 Å². The average molecular weight is 399 g/mol. The predicted molar refractivity (Wildman–Crippen MR) is 105 cm³/mol. The molecule has 1 heterocycles. The molecule has 1 atom stereocenters. The smallest absolute Gasteiger partial charge is 0.302 e. The molecule has 3 rings (SSSR count). The number of nitrogens with zero attached hydrogens (tertiary/aromatic N) is 1. The monoisotopic (exact) mass is 399 g/mol. The SMILES string of the molecule is CC(=O)OC[C@H](COS(=O)(=O)c1ccc(C)cc1)c1ccnc2ccccc12. The van der Waals surface area contributed by atoms with E-state index in [9.17, 15) is 13.2 Å². The number of fused-ring (bicyclic) bond motifs is 1. The Labute approximate surface area is 164 Å². The van der Waals surface area contributed by atoms with Gasteiger partial charge in [-0.1, -0.05) is 35.9 Å². The lowest BCUT2D eigenvalue weighted by molar-refractivity contribution is -0.141. The van der Waals surface area contributed by atoms with Gasteiger partial charge < -0.3 is 4.74 Å². The first-order valence-corrected chi connectivity index (χ1v) is 10.2. The van der Waals surface area contributed by atoms with E-state index < -0.39 is 22.0 Å². The lowest BCUT2D eigenvalue weighted by atomic mass is 9.97. The van der Waals surface area contributed by atoms with Crippen LogP contribution in [-0.4, -0.2) is 32.6 Å². The summed E-state index contributed by atoms with van der Waals surface area (Å²) in [5.74, 6) is -0.901. The number of hydrogen-bond acceptors (Lipinski definition) is 6. The molecule has 0 saturated carbocycles. The van der Waals surface area contributed by atoms with Crippen LogP contribution in [0.15, 0.2) is 65.7 Å². The van der Waals surface area contributed by atoms with E-state index in [2.05, 4.69) is 4.98 Å². The Morgan fingerprint density at radius 1 is 1.04 bits per heavy atom. The molecule has 146 valence electrons. The van der Waals surface area contributed by atoms with Gasteiger partial charge in [0.2, 0.25) is 0 Å². The number of ether oxygens (including phenoxy) is 1. The second-order valence-electron chi connectivity index (χ2n) is 6.47. The Morgan fingerprint density at radius 2 is 1.75 bits per heavy atom. The number of benzene rings is 2. The second-order valence-corrected chi connectivity index (χ2v) is 8.08. The third kappa shape index (κ3) is 4.74. The van der Waals surface area contributed by atoms with Crippen LogP contribution in [0.4, 0.5) is 0 Å². The largest absolute Gasteiger partial charge is 0.465 e. The summed E-state index contributed by atoms with van der Waals surface area (Å²) in [5.41, 5.74) is 2.54. The molecule has 28 heavy (non-hydrogen) atoms. The molecule has 0 amide bonds. The van der Waals surface area contributed by atoms with E-state index in [0.717, 1.165) is 22.0 Å². The fourth-order valence-electron chi connectivity index (χ4n) is 2.86. The zero-order chi connectivity index (χ0) is 20.1. The Bertz CT molecular complexity index is 1070. The van der Waals surface area contributed by atoms with Crippen LogP contribution in [0, 0.1) is 6.92 Å². The van der Waals surface area contributed by atoms with Crippen LogP contribution >= 0.6 is 0 Å². The minimum absolute atomic E-state index is 0.00671. The van der Waals surface area contributed by atoms with Gasteiger partial charge in [-0.15, -0.1) is 0 Å². The lowest BCUT2D eigenvalue weighted by Crippen LogP contribution is -2.19. The van der Waals surface area contributed by atoms with Crippen molar-refractivity contribution in [1.82, 2.24) is 4.98 Å². The van der Waals surface area contributed by atoms with Crippen LogP contribution in [-0.2, 0) is 23.8 Å². The van der Waals surface area contributed by atoms with Crippen molar-refractivity contribution in [2.24, 2.45) is 0 Å². The molecule has 1 aromatic heterocycles. The molecule has 3 aromatic rings. The summed E-state index contributed by atoms with van der Waals surface area (Å²) >= 11 is 0. The highest BCUT2D eigenvalue weighted by Crippen LogP contribution is 2.26. The van der Waals surface area contributed by atoms with Crippen molar-refractivity contribution in [3.8, 4) is 0 Å². The first kappa shape index (κ1) is 20.0. The van der Waals surface area contributed by atoms with Crippen LogP contribution < -0.4 is 0 Å². The van der Waals surface area contributed by atoms with Crippen LogP contribution in [0.3, 0.4) is 0 Å². The van der Waals surface area contributed by atoms with Gasteiger partial charge in [-0.2, -0.15) is 8.42 Å². The molecular weight excluding hydrogens is 378 g/mol. The summed E-state index contributed by atoms with van der Waals surface area (Å²) in [7, 11) is -3.93. The Morgan fingerprint density at radius 3 is 2.46 bits per heavy atom. The number of esters is 1. The minimum Gasteiger partial charge on any atom is -0.465 e. The third-order valence-electron chi connectivity index (χ3n) is 4.34. The summed E-state index contributed by atoms with van der Waals surface area (Å²) in [6, 6.07) is 15.7. The van der Waals surface area contributed by atoms with E-state index in [1.807, 2.05) is 31.2 Å². The lowest BCUT2D eigenvalue weighted by Gasteiger charge is -2.19. The Balaban J connectivity index is 1.88. The average Bonchev–Trinajstić information content (AvgIpc) is 2.68. The highest BCUT2D eigenvalue weighted by molar-refractivity contribution is 7.86. The summed E-state index contributed by atoms with van der Waals surface area (Å²) in [6.07, 6.45) is 1.65. The first-order valence-electron chi connectivity index (χ1n) is 8.80. The fourth-order valence-corrected chi connectivity index (χ4v) is 3.81. The molecule has 0 spiro atoms.